The van der Waals surface area contributed by atoms with Crippen LogP contribution in [-0.4, -0.2) is 66.9 Å². The average Bonchev–Trinajstić information content (AvgIpc) is 2.53. The minimum atomic E-state index is -0.279. The number of carbonyl (C=O) groups is 2. The van der Waals surface area contributed by atoms with Crippen LogP contribution >= 0.6 is 0 Å². The van der Waals surface area contributed by atoms with Crippen molar-refractivity contribution in [1.29, 1.82) is 0 Å². The Morgan fingerprint density at radius 1 is 1.10 bits per heavy atom. The monoisotopic (exact) mass is 296 g/mol. The van der Waals surface area contributed by atoms with Gasteiger partial charge in [-0.15, -0.1) is 0 Å². The SMILES string of the molecule is CC1CCC(N2CCN(C(=O)CNC(=O)CN)CC2)CC1. The Kier molecular flexibility index (Phi) is 5.99. The summed E-state index contributed by atoms with van der Waals surface area (Å²) in [5.74, 6) is 0.585. The van der Waals surface area contributed by atoms with Gasteiger partial charge in [0.05, 0.1) is 13.1 Å². The molecule has 0 radical (unpaired) electrons. The first kappa shape index (κ1) is 16.2. The van der Waals surface area contributed by atoms with E-state index in [4.69, 9.17) is 5.73 Å². The molecule has 0 aromatic rings. The number of amides is 2. The fourth-order valence-electron chi connectivity index (χ4n) is 3.30. The molecule has 2 fully saturated rings. The molecule has 3 N–H and O–H groups in total. The van der Waals surface area contributed by atoms with Crippen molar-refractivity contribution in [3.63, 3.8) is 0 Å². The van der Waals surface area contributed by atoms with Gasteiger partial charge >= 0.3 is 0 Å². The Labute approximate surface area is 127 Å². The summed E-state index contributed by atoms with van der Waals surface area (Å²) in [6, 6.07) is 0.704. The maximum absolute atomic E-state index is 12.0. The van der Waals surface area contributed by atoms with E-state index in [9.17, 15) is 9.59 Å². The molecule has 1 saturated heterocycles. The Bertz CT molecular complexity index is 359. The lowest BCUT2D eigenvalue weighted by atomic mass is 9.86. The molecule has 0 aromatic heterocycles. The fraction of sp³-hybridized carbons (Fsp3) is 0.867. The van der Waals surface area contributed by atoms with Crippen molar-refractivity contribution in [1.82, 2.24) is 15.1 Å². The van der Waals surface area contributed by atoms with Crippen LogP contribution in [0.5, 0.6) is 0 Å². The lowest BCUT2D eigenvalue weighted by Gasteiger charge is -2.41. The second-order valence-corrected chi connectivity index (χ2v) is 6.31. The fourth-order valence-corrected chi connectivity index (χ4v) is 3.30. The standard InChI is InChI=1S/C15H28N4O2/c1-12-2-4-13(5-3-12)18-6-8-19(9-7-18)15(21)11-17-14(20)10-16/h12-13H,2-11,16H2,1H3,(H,17,20). The molecular formula is C15H28N4O2. The van der Waals surface area contributed by atoms with Gasteiger partial charge in [0.2, 0.25) is 11.8 Å². The summed E-state index contributed by atoms with van der Waals surface area (Å²) in [7, 11) is 0. The van der Waals surface area contributed by atoms with E-state index >= 15 is 0 Å². The van der Waals surface area contributed by atoms with Gasteiger partial charge in [0.15, 0.2) is 0 Å². The van der Waals surface area contributed by atoms with E-state index in [1.807, 2.05) is 4.90 Å². The van der Waals surface area contributed by atoms with Crippen LogP contribution in [0.4, 0.5) is 0 Å². The van der Waals surface area contributed by atoms with E-state index in [1.54, 1.807) is 0 Å². The van der Waals surface area contributed by atoms with Gasteiger partial charge in [0.25, 0.3) is 0 Å². The van der Waals surface area contributed by atoms with Gasteiger partial charge in [0.1, 0.15) is 0 Å². The second-order valence-electron chi connectivity index (χ2n) is 6.31. The number of piperazine rings is 1. The van der Waals surface area contributed by atoms with Gasteiger partial charge in [-0.25, -0.2) is 0 Å². The van der Waals surface area contributed by atoms with Crippen molar-refractivity contribution in [2.24, 2.45) is 11.7 Å². The summed E-state index contributed by atoms with van der Waals surface area (Å²) in [6.45, 7) is 5.78. The van der Waals surface area contributed by atoms with Crippen molar-refractivity contribution >= 4 is 11.8 Å². The molecule has 1 saturated carbocycles. The molecule has 21 heavy (non-hydrogen) atoms. The molecule has 0 bridgehead atoms. The number of nitrogens with zero attached hydrogens (tertiary/aromatic N) is 2. The Morgan fingerprint density at radius 2 is 1.71 bits per heavy atom. The topological polar surface area (TPSA) is 78.7 Å². The third kappa shape index (κ3) is 4.68. The number of nitrogens with one attached hydrogen (secondary N) is 1. The predicted molar refractivity (Wildman–Crippen MR) is 81.6 cm³/mol. The first-order valence-electron chi connectivity index (χ1n) is 8.08. The molecule has 1 aliphatic carbocycles. The molecule has 0 atom stereocenters. The molecule has 1 heterocycles. The van der Waals surface area contributed by atoms with Crippen molar-refractivity contribution in [2.75, 3.05) is 39.3 Å². The number of hydrogen-bond acceptors (Lipinski definition) is 4. The van der Waals surface area contributed by atoms with Crippen LogP contribution in [0, 0.1) is 5.92 Å². The third-order valence-electron chi connectivity index (χ3n) is 4.79. The first-order chi connectivity index (χ1) is 10.1. The summed E-state index contributed by atoms with van der Waals surface area (Å²) in [6.07, 6.45) is 5.24. The van der Waals surface area contributed by atoms with E-state index in [2.05, 4.69) is 17.1 Å². The van der Waals surface area contributed by atoms with Crippen molar-refractivity contribution in [3.8, 4) is 0 Å². The number of carbonyl (C=O) groups excluding carboxylic acids is 2. The molecule has 2 aliphatic rings. The van der Waals surface area contributed by atoms with Gasteiger partial charge in [-0.3, -0.25) is 14.5 Å². The van der Waals surface area contributed by atoms with E-state index in [-0.39, 0.29) is 24.9 Å². The highest BCUT2D eigenvalue weighted by molar-refractivity contribution is 5.85. The van der Waals surface area contributed by atoms with Gasteiger partial charge in [-0.1, -0.05) is 6.92 Å². The smallest absolute Gasteiger partial charge is 0.242 e. The number of nitrogens with two attached hydrogens (primary N) is 1. The third-order valence-corrected chi connectivity index (χ3v) is 4.79. The maximum Gasteiger partial charge on any atom is 0.242 e. The summed E-state index contributed by atoms with van der Waals surface area (Å²) >= 11 is 0. The Hall–Kier alpha value is -1.14. The van der Waals surface area contributed by atoms with E-state index < -0.39 is 0 Å². The van der Waals surface area contributed by atoms with Crippen LogP contribution in [0.1, 0.15) is 32.6 Å². The molecule has 120 valence electrons. The Balaban J connectivity index is 1.70. The maximum atomic E-state index is 12.0. The quantitative estimate of drug-likeness (QED) is 0.752. The molecule has 2 rings (SSSR count). The van der Waals surface area contributed by atoms with Crippen molar-refractivity contribution < 1.29 is 9.59 Å². The molecule has 2 amide bonds. The largest absolute Gasteiger partial charge is 0.346 e. The summed E-state index contributed by atoms with van der Waals surface area (Å²) < 4.78 is 0. The van der Waals surface area contributed by atoms with E-state index in [0.29, 0.717) is 6.04 Å². The summed E-state index contributed by atoms with van der Waals surface area (Å²) in [5, 5.41) is 2.54. The van der Waals surface area contributed by atoms with Gasteiger partial charge < -0.3 is 16.0 Å². The van der Waals surface area contributed by atoms with Crippen LogP contribution in [0.15, 0.2) is 0 Å². The molecule has 1 aliphatic heterocycles. The van der Waals surface area contributed by atoms with Gasteiger partial charge in [-0.05, 0) is 31.6 Å². The summed E-state index contributed by atoms with van der Waals surface area (Å²) in [5.41, 5.74) is 5.20. The van der Waals surface area contributed by atoms with Crippen LogP contribution in [0.2, 0.25) is 0 Å². The number of hydrogen-bond donors (Lipinski definition) is 2. The molecule has 6 heteroatoms. The molecule has 0 unspecified atom stereocenters. The minimum absolute atomic E-state index is 0.00582. The van der Waals surface area contributed by atoms with Gasteiger partial charge in [0, 0.05) is 32.2 Å². The van der Waals surface area contributed by atoms with Crippen LogP contribution in [0.3, 0.4) is 0 Å². The molecule has 0 aromatic carbocycles. The highest BCUT2D eigenvalue weighted by Crippen LogP contribution is 2.27. The van der Waals surface area contributed by atoms with E-state index in [1.165, 1.54) is 25.7 Å². The van der Waals surface area contributed by atoms with Gasteiger partial charge in [-0.2, -0.15) is 0 Å². The zero-order valence-corrected chi connectivity index (χ0v) is 13.0. The zero-order valence-electron chi connectivity index (χ0n) is 13.0. The lowest BCUT2D eigenvalue weighted by molar-refractivity contribution is -0.134. The normalized spacial score (nSPS) is 27.4. The highest BCUT2D eigenvalue weighted by atomic mass is 16.2. The number of rotatable bonds is 4. The minimum Gasteiger partial charge on any atom is -0.346 e. The first-order valence-corrected chi connectivity index (χ1v) is 8.08. The van der Waals surface area contributed by atoms with Crippen LogP contribution in [-0.2, 0) is 9.59 Å². The van der Waals surface area contributed by atoms with Crippen molar-refractivity contribution in [2.45, 2.75) is 38.6 Å². The van der Waals surface area contributed by atoms with E-state index in [0.717, 1.165) is 32.1 Å². The van der Waals surface area contributed by atoms with Crippen molar-refractivity contribution in [3.05, 3.63) is 0 Å². The summed E-state index contributed by atoms with van der Waals surface area (Å²) in [4.78, 5) is 27.4. The highest BCUT2D eigenvalue weighted by Gasteiger charge is 2.28. The molecular weight excluding hydrogens is 268 g/mol. The second kappa shape index (κ2) is 7.75. The lowest BCUT2D eigenvalue weighted by Crippen LogP contribution is -2.54. The molecule has 0 spiro atoms. The zero-order chi connectivity index (χ0) is 15.2. The predicted octanol–water partition coefficient (Wildman–Crippen LogP) is -0.216. The van der Waals surface area contributed by atoms with Crippen LogP contribution < -0.4 is 11.1 Å². The average molecular weight is 296 g/mol. The van der Waals surface area contributed by atoms with Crippen LogP contribution in [0.25, 0.3) is 0 Å². The molecule has 6 nitrogen and oxygen atoms in total. The Morgan fingerprint density at radius 3 is 2.29 bits per heavy atom.